The minimum Gasteiger partial charge on any atom is -0.490 e. The second-order valence-electron chi connectivity index (χ2n) is 5.76. The monoisotopic (exact) mass is 358 g/mol. The zero-order valence-corrected chi connectivity index (χ0v) is 15.2. The number of aromatic nitrogens is 2. The van der Waals surface area contributed by atoms with Crippen LogP contribution in [0, 0.1) is 6.92 Å². The van der Waals surface area contributed by atoms with Gasteiger partial charge in [0.2, 0.25) is 0 Å². The van der Waals surface area contributed by atoms with Gasteiger partial charge in [-0.3, -0.25) is 4.79 Å². The fourth-order valence-electron chi connectivity index (χ4n) is 2.14. The summed E-state index contributed by atoms with van der Waals surface area (Å²) in [6.45, 7) is 7.92. The van der Waals surface area contributed by atoms with Crippen LogP contribution < -0.4 is 20.6 Å². The Morgan fingerprint density at radius 1 is 1.35 bits per heavy atom. The molecule has 8 nitrogen and oxygen atoms in total. The van der Waals surface area contributed by atoms with Crippen LogP contribution in [0.5, 0.6) is 11.5 Å². The number of rotatable bonds is 7. The van der Waals surface area contributed by atoms with Gasteiger partial charge < -0.3 is 14.5 Å². The normalized spacial score (nSPS) is 11.0. The molecule has 0 aliphatic rings. The van der Waals surface area contributed by atoms with Gasteiger partial charge >= 0.3 is 5.69 Å². The number of nitrogens with one attached hydrogen (secondary N) is 2. The summed E-state index contributed by atoms with van der Waals surface area (Å²) in [6, 6.07) is 6.82. The van der Waals surface area contributed by atoms with Gasteiger partial charge in [-0.05, 0) is 57.5 Å². The van der Waals surface area contributed by atoms with Gasteiger partial charge in [0, 0.05) is 5.69 Å². The molecule has 1 aromatic carbocycles. The van der Waals surface area contributed by atoms with Crippen LogP contribution in [0.2, 0.25) is 0 Å². The minimum absolute atomic E-state index is 0.000846. The van der Waals surface area contributed by atoms with Gasteiger partial charge in [-0.2, -0.15) is 10.1 Å². The highest BCUT2D eigenvalue weighted by molar-refractivity contribution is 5.93. The zero-order valence-electron chi connectivity index (χ0n) is 15.2. The third-order valence-corrected chi connectivity index (χ3v) is 3.12. The molecule has 8 heteroatoms. The number of ether oxygens (including phenoxy) is 2. The van der Waals surface area contributed by atoms with Crippen molar-refractivity contribution in [3.8, 4) is 11.5 Å². The van der Waals surface area contributed by atoms with Crippen LogP contribution in [0.25, 0.3) is 0 Å². The molecule has 26 heavy (non-hydrogen) atoms. The molecule has 2 aromatic rings. The Morgan fingerprint density at radius 2 is 2.12 bits per heavy atom. The molecule has 0 spiro atoms. The number of hydrogen-bond donors (Lipinski definition) is 2. The van der Waals surface area contributed by atoms with Crippen molar-refractivity contribution >= 4 is 12.1 Å². The zero-order chi connectivity index (χ0) is 19.1. The first-order valence-corrected chi connectivity index (χ1v) is 8.24. The fraction of sp³-hybridized carbons (Fsp3) is 0.333. The van der Waals surface area contributed by atoms with E-state index < -0.39 is 11.6 Å². The van der Waals surface area contributed by atoms with Crippen LogP contribution in [0.4, 0.5) is 0 Å². The number of aromatic amines is 1. The van der Waals surface area contributed by atoms with Crippen LogP contribution >= 0.6 is 0 Å². The Kier molecular flexibility index (Phi) is 6.48. The average molecular weight is 358 g/mol. The maximum atomic E-state index is 12.0. The van der Waals surface area contributed by atoms with Gasteiger partial charge in [-0.15, -0.1) is 0 Å². The van der Waals surface area contributed by atoms with E-state index in [4.69, 9.17) is 9.47 Å². The minimum atomic E-state index is -0.582. The average Bonchev–Trinajstić information content (AvgIpc) is 2.56. The van der Waals surface area contributed by atoms with E-state index >= 15 is 0 Å². The number of hydrogen-bond acceptors (Lipinski definition) is 6. The van der Waals surface area contributed by atoms with Gasteiger partial charge in [-0.25, -0.2) is 10.2 Å². The number of amides is 1. The van der Waals surface area contributed by atoms with E-state index in [-0.39, 0.29) is 11.8 Å². The molecule has 2 N–H and O–H groups in total. The van der Waals surface area contributed by atoms with Crippen molar-refractivity contribution in [2.75, 3.05) is 6.61 Å². The van der Waals surface area contributed by atoms with Crippen molar-refractivity contribution in [1.29, 1.82) is 0 Å². The maximum Gasteiger partial charge on any atom is 0.345 e. The van der Waals surface area contributed by atoms with Gasteiger partial charge in [0.05, 0.1) is 18.9 Å². The van der Waals surface area contributed by atoms with Gasteiger partial charge in [0.15, 0.2) is 11.5 Å². The smallest absolute Gasteiger partial charge is 0.345 e. The highest BCUT2D eigenvalue weighted by Gasteiger charge is 2.09. The standard InChI is InChI=1S/C18H22N4O4/c1-5-25-16-9-13(6-7-15(16)26-11(2)3)10-19-22-17(23)14-8-12(4)20-18(24)21-14/h6-11H,5H2,1-4H3,(H,22,23)(H,20,21,24)/b19-10+. The van der Waals surface area contributed by atoms with Crippen molar-refractivity contribution in [1.82, 2.24) is 15.4 Å². The molecule has 0 aliphatic carbocycles. The second kappa shape index (κ2) is 8.80. The van der Waals surface area contributed by atoms with Crippen molar-refractivity contribution in [3.63, 3.8) is 0 Å². The molecule has 0 bridgehead atoms. The maximum absolute atomic E-state index is 12.0. The van der Waals surface area contributed by atoms with Crippen molar-refractivity contribution in [3.05, 3.63) is 51.7 Å². The summed E-state index contributed by atoms with van der Waals surface area (Å²) >= 11 is 0. The molecule has 1 heterocycles. The number of hydrazone groups is 1. The van der Waals surface area contributed by atoms with E-state index in [1.807, 2.05) is 20.8 Å². The van der Waals surface area contributed by atoms with E-state index in [9.17, 15) is 9.59 Å². The third-order valence-electron chi connectivity index (χ3n) is 3.12. The number of nitrogens with zero attached hydrogens (tertiary/aromatic N) is 2. The largest absolute Gasteiger partial charge is 0.490 e. The molecule has 0 saturated heterocycles. The first kappa shape index (κ1) is 19.2. The molecule has 0 unspecified atom stereocenters. The van der Waals surface area contributed by atoms with E-state index in [0.717, 1.165) is 5.56 Å². The molecular formula is C18H22N4O4. The van der Waals surface area contributed by atoms with E-state index in [2.05, 4.69) is 20.5 Å². The third kappa shape index (κ3) is 5.44. The van der Waals surface area contributed by atoms with E-state index in [0.29, 0.717) is 23.8 Å². The van der Waals surface area contributed by atoms with Gasteiger partial charge in [0.1, 0.15) is 5.69 Å². The Morgan fingerprint density at radius 3 is 2.77 bits per heavy atom. The first-order chi connectivity index (χ1) is 12.4. The van der Waals surface area contributed by atoms with Crippen LogP contribution in [0.3, 0.4) is 0 Å². The molecule has 2 rings (SSSR count). The predicted molar refractivity (Wildman–Crippen MR) is 98.0 cm³/mol. The Balaban J connectivity index is 2.10. The number of H-pyrrole nitrogens is 1. The molecule has 1 amide bonds. The lowest BCUT2D eigenvalue weighted by Crippen LogP contribution is -2.24. The van der Waals surface area contributed by atoms with Gasteiger partial charge in [-0.1, -0.05) is 0 Å². The lowest BCUT2D eigenvalue weighted by atomic mass is 10.2. The molecule has 0 fully saturated rings. The molecule has 0 radical (unpaired) electrons. The van der Waals surface area contributed by atoms with Gasteiger partial charge in [0.25, 0.3) is 5.91 Å². The van der Waals surface area contributed by atoms with Crippen LogP contribution in [0.1, 0.15) is 42.5 Å². The lowest BCUT2D eigenvalue weighted by Gasteiger charge is -2.14. The summed E-state index contributed by atoms with van der Waals surface area (Å²) in [5.74, 6) is 0.676. The topological polar surface area (TPSA) is 106 Å². The summed E-state index contributed by atoms with van der Waals surface area (Å²) in [6.07, 6.45) is 1.50. The number of carbonyl (C=O) groups is 1. The number of aryl methyl sites for hydroxylation is 1. The first-order valence-electron chi connectivity index (χ1n) is 8.24. The summed E-state index contributed by atoms with van der Waals surface area (Å²) in [5.41, 5.74) is 3.03. The molecule has 0 aliphatic heterocycles. The highest BCUT2D eigenvalue weighted by Crippen LogP contribution is 2.28. The number of benzene rings is 1. The van der Waals surface area contributed by atoms with Crippen LogP contribution in [-0.2, 0) is 0 Å². The highest BCUT2D eigenvalue weighted by atomic mass is 16.5. The number of carbonyl (C=O) groups excluding carboxylic acids is 1. The molecular weight excluding hydrogens is 336 g/mol. The molecule has 0 saturated carbocycles. The lowest BCUT2D eigenvalue weighted by molar-refractivity contribution is 0.0949. The fourth-order valence-corrected chi connectivity index (χ4v) is 2.14. The van der Waals surface area contributed by atoms with Crippen LogP contribution in [0.15, 0.2) is 34.2 Å². The van der Waals surface area contributed by atoms with Crippen molar-refractivity contribution in [2.45, 2.75) is 33.8 Å². The SMILES string of the molecule is CCOc1cc(/C=N/NC(=O)c2cc(C)[nH]c(=O)n2)ccc1OC(C)C. The second-order valence-corrected chi connectivity index (χ2v) is 5.76. The molecule has 0 atom stereocenters. The Bertz CT molecular complexity index is 859. The van der Waals surface area contributed by atoms with Crippen molar-refractivity contribution in [2.24, 2.45) is 5.10 Å². The summed E-state index contributed by atoms with van der Waals surface area (Å²) < 4.78 is 11.3. The summed E-state index contributed by atoms with van der Waals surface area (Å²) in [7, 11) is 0. The molecule has 1 aromatic heterocycles. The van der Waals surface area contributed by atoms with Crippen LogP contribution in [-0.4, -0.2) is 34.8 Å². The van der Waals surface area contributed by atoms with E-state index in [1.165, 1.54) is 12.3 Å². The Labute approximate surface area is 151 Å². The van der Waals surface area contributed by atoms with E-state index in [1.54, 1.807) is 25.1 Å². The van der Waals surface area contributed by atoms with Crippen molar-refractivity contribution < 1.29 is 14.3 Å². The predicted octanol–water partition coefficient (Wildman–Crippen LogP) is 2.03. The molecule has 138 valence electrons. The quantitative estimate of drug-likeness (QED) is 0.582. The summed E-state index contributed by atoms with van der Waals surface area (Å²) in [4.78, 5) is 29.4. The summed E-state index contributed by atoms with van der Waals surface area (Å²) in [5, 5.41) is 3.90. The Hall–Kier alpha value is -3.16.